The summed E-state index contributed by atoms with van der Waals surface area (Å²) in [7, 11) is 1.43. The predicted octanol–water partition coefficient (Wildman–Crippen LogP) is 2.20. The zero-order valence-electron chi connectivity index (χ0n) is 21.9. The van der Waals surface area contributed by atoms with Gasteiger partial charge in [0.2, 0.25) is 11.7 Å². The smallest absolute Gasteiger partial charge is 0.388 e. The van der Waals surface area contributed by atoms with Crippen molar-refractivity contribution < 1.29 is 27.5 Å². The summed E-state index contributed by atoms with van der Waals surface area (Å²) < 4.78 is 55.2. The van der Waals surface area contributed by atoms with Crippen LogP contribution in [0.5, 0.6) is 0 Å². The molecule has 0 radical (unpaired) electrons. The van der Waals surface area contributed by atoms with Gasteiger partial charge < -0.3 is 21.1 Å². The van der Waals surface area contributed by atoms with Crippen LogP contribution >= 0.6 is 0 Å². The second kappa shape index (κ2) is 10.7. The fourth-order valence-corrected chi connectivity index (χ4v) is 5.87. The van der Waals surface area contributed by atoms with Gasteiger partial charge in [0.15, 0.2) is 11.7 Å². The molecule has 0 bridgehead atoms. The number of nitrogens with one attached hydrogen (secondary N) is 1. The number of piperidine rings is 1. The summed E-state index contributed by atoms with van der Waals surface area (Å²) >= 11 is 0. The van der Waals surface area contributed by atoms with E-state index in [0.29, 0.717) is 31.5 Å². The third-order valence-electron chi connectivity index (χ3n) is 7.92. The molecule has 4 rings (SSSR count). The van der Waals surface area contributed by atoms with Gasteiger partial charge in [-0.1, -0.05) is 18.2 Å². The number of carbonyl (C=O) groups is 1. The maximum absolute atomic E-state index is 16.0. The lowest BCUT2D eigenvalue weighted by molar-refractivity contribution is -0.141. The summed E-state index contributed by atoms with van der Waals surface area (Å²) in [5.74, 6) is -1.73. The molecule has 3 aliphatic rings. The number of fused-ring (bicyclic) bond motifs is 1. The topological polar surface area (TPSA) is 119 Å². The number of hydrogen-bond acceptors (Lipinski definition) is 7. The second-order valence-electron chi connectivity index (χ2n) is 10.4. The number of pyridine rings is 1. The van der Waals surface area contributed by atoms with Crippen molar-refractivity contribution in [2.75, 3.05) is 39.8 Å². The Balaban J connectivity index is 1.54. The normalized spacial score (nSPS) is 29.9. The van der Waals surface area contributed by atoms with Crippen LogP contribution in [0.2, 0.25) is 0 Å². The number of carbonyl (C=O) groups excluding carboxylic acids is 1. The zero-order valence-corrected chi connectivity index (χ0v) is 21.9. The minimum atomic E-state index is -4.56. The molecular formula is C26H33F4N7O2. The number of nitrogens with zero attached hydrogens (tertiary/aromatic N) is 5. The highest BCUT2D eigenvalue weighted by Crippen LogP contribution is 2.52. The Morgan fingerprint density at radius 3 is 2.59 bits per heavy atom. The molecule has 2 fully saturated rings. The first-order valence-electron chi connectivity index (χ1n) is 12.6. The standard InChI is InChI=1S/C26H33F4N7O2/c1-24(39)15-36(14-20(31)38)10-7-17(24)12-35-22(32-2)21(27)23(33-3)37-11-8-16-6-9-25(16,37)18-4-5-19(34-13-18)26(28,29)30/h4-6,9,13,16-17,35,39H,2,7-8,10-12,14-15H2,1,3H3,(H2,31,38)/b22-21-,33-23?/t16-,17+,24+,25-/m1/s1. The number of hydrogen-bond donors (Lipinski definition) is 3. The first kappa shape index (κ1) is 28.7. The van der Waals surface area contributed by atoms with Crippen molar-refractivity contribution in [3.8, 4) is 0 Å². The monoisotopic (exact) mass is 551 g/mol. The molecule has 2 aliphatic heterocycles. The van der Waals surface area contributed by atoms with Crippen LogP contribution in [-0.2, 0) is 16.5 Å². The number of alkyl halides is 3. The third kappa shape index (κ3) is 5.42. The van der Waals surface area contributed by atoms with Gasteiger partial charge in [0.25, 0.3) is 0 Å². The summed E-state index contributed by atoms with van der Waals surface area (Å²) in [6.07, 6.45) is 1.59. The van der Waals surface area contributed by atoms with Crippen LogP contribution in [-0.4, -0.2) is 83.7 Å². The number of nitrogens with two attached hydrogens (primary N) is 1. The van der Waals surface area contributed by atoms with Crippen LogP contribution in [0.15, 0.2) is 52.1 Å². The summed E-state index contributed by atoms with van der Waals surface area (Å²) in [4.78, 5) is 26.4. The van der Waals surface area contributed by atoms with E-state index >= 15 is 4.39 Å². The Bertz CT molecular complexity index is 1200. The highest BCUT2D eigenvalue weighted by molar-refractivity contribution is 5.98. The molecule has 0 spiro atoms. The lowest BCUT2D eigenvalue weighted by Crippen LogP contribution is -2.56. The van der Waals surface area contributed by atoms with E-state index < -0.39 is 34.7 Å². The summed E-state index contributed by atoms with van der Waals surface area (Å²) in [6.45, 7) is 6.57. The predicted molar refractivity (Wildman–Crippen MR) is 138 cm³/mol. The van der Waals surface area contributed by atoms with Crippen molar-refractivity contribution in [1.82, 2.24) is 20.1 Å². The molecule has 39 heavy (non-hydrogen) atoms. The van der Waals surface area contributed by atoms with Crippen LogP contribution in [0.4, 0.5) is 17.6 Å². The Hall–Kier alpha value is -3.32. The highest BCUT2D eigenvalue weighted by Gasteiger charge is 2.54. The molecule has 1 aromatic heterocycles. The molecule has 4 N–H and O–H groups in total. The molecule has 0 unspecified atom stereocenters. The first-order chi connectivity index (χ1) is 18.3. The molecule has 1 amide bonds. The molecule has 0 saturated carbocycles. The van der Waals surface area contributed by atoms with Crippen molar-refractivity contribution in [1.29, 1.82) is 0 Å². The Morgan fingerprint density at radius 2 is 2.08 bits per heavy atom. The van der Waals surface area contributed by atoms with E-state index in [0.717, 1.165) is 6.07 Å². The van der Waals surface area contributed by atoms with Crippen molar-refractivity contribution in [2.24, 2.45) is 27.6 Å². The lowest BCUT2D eigenvalue weighted by atomic mass is 9.71. The van der Waals surface area contributed by atoms with Gasteiger partial charge in [0, 0.05) is 50.3 Å². The number of β-amino-alcohol motifs (C(OH)–C–C–N with tert-alkyl or cyclic N) is 1. The largest absolute Gasteiger partial charge is 0.433 e. The fourth-order valence-electron chi connectivity index (χ4n) is 5.87. The van der Waals surface area contributed by atoms with Gasteiger partial charge >= 0.3 is 6.18 Å². The lowest BCUT2D eigenvalue weighted by Gasteiger charge is -2.46. The van der Waals surface area contributed by atoms with E-state index in [-0.39, 0.29) is 43.1 Å². The van der Waals surface area contributed by atoms with Gasteiger partial charge in [0.05, 0.1) is 17.7 Å². The van der Waals surface area contributed by atoms with Crippen LogP contribution in [0.3, 0.4) is 0 Å². The molecule has 4 atom stereocenters. The number of rotatable bonds is 8. The highest BCUT2D eigenvalue weighted by atomic mass is 19.4. The summed E-state index contributed by atoms with van der Waals surface area (Å²) in [5, 5.41) is 13.9. The molecule has 2 saturated heterocycles. The number of amidine groups is 1. The van der Waals surface area contributed by atoms with E-state index in [1.54, 1.807) is 16.7 Å². The van der Waals surface area contributed by atoms with Gasteiger partial charge in [-0.05, 0) is 39.1 Å². The molecule has 3 heterocycles. The van der Waals surface area contributed by atoms with Crippen molar-refractivity contribution in [3.63, 3.8) is 0 Å². The molecule has 1 aromatic rings. The van der Waals surface area contributed by atoms with Crippen LogP contribution in [0.1, 0.15) is 31.0 Å². The van der Waals surface area contributed by atoms with Gasteiger partial charge in [-0.3, -0.25) is 19.7 Å². The van der Waals surface area contributed by atoms with Crippen molar-refractivity contribution >= 4 is 18.5 Å². The Kier molecular flexibility index (Phi) is 7.86. The molecule has 1 aliphatic carbocycles. The number of aliphatic hydroxyl groups is 1. The zero-order chi connectivity index (χ0) is 28.6. The second-order valence-corrected chi connectivity index (χ2v) is 10.4. The summed E-state index contributed by atoms with van der Waals surface area (Å²) in [5.41, 5.74) is 2.74. The van der Waals surface area contributed by atoms with E-state index in [1.807, 2.05) is 12.2 Å². The molecule has 212 valence electrons. The van der Waals surface area contributed by atoms with Crippen LogP contribution in [0, 0.1) is 11.8 Å². The number of aliphatic imine (C=N–C) groups is 2. The number of aromatic nitrogens is 1. The Morgan fingerprint density at radius 1 is 1.33 bits per heavy atom. The first-order valence-corrected chi connectivity index (χ1v) is 12.6. The third-order valence-corrected chi connectivity index (χ3v) is 7.92. The maximum atomic E-state index is 16.0. The maximum Gasteiger partial charge on any atom is 0.433 e. The average molecular weight is 552 g/mol. The molecular weight excluding hydrogens is 518 g/mol. The SMILES string of the molecule is C=N/C(NC[C@@H]1CCN(CC(N)=O)C[C@]1(C)O)=C(/F)C(=NC)N1CC[C@H]2C=C[C@]21c1ccc(C(F)(F)F)nc1. The minimum absolute atomic E-state index is 0.0142. The number of halogens is 4. The number of amides is 1. The van der Waals surface area contributed by atoms with Crippen molar-refractivity contribution in [2.45, 2.75) is 37.1 Å². The van der Waals surface area contributed by atoms with E-state index in [4.69, 9.17) is 5.73 Å². The summed E-state index contributed by atoms with van der Waals surface area (Å²) in [6, 6.07) is 2.30. The molecule has 9 nitrogen and oxygen atoms in total. The fraction of sp³-hybridized carbons (Fsp3) is 0.538. The van der Waals surface area contributed by atoms with E-state index in [2.05, 4.69) is 27.0 Å². The van der Waals surface area contributed by atoms with Gasteiger partial charge in [-0.25, -0.2) is 4.99 Å². The van der Waals surface area contributed by atoms with Crippen LogP contribution in [0.25, 0.3) is 0 Å². The Labute approximate surface area is 224 Å². The van der Waals surface area contributed by atoms with Crippen LogP contribution < -0.4 is 11.1 Å². The van der Waals surface area contributed by atoms with Gasteiger partial charge in [-0.15, -0.1) is 0 Å². The average Bonchev–Trinajstić information content (AvgIpc) is 3.09. The van der Waals surface area contributed by atoms with E-state index in [9.17, 15) is 23.1 Å². The van der Waals surface area contributed by atoms with Crippen molar-refractivity contribution in [3.05, 3.63) is 53.4 Å². The number of primary amides is 1. The van der Waals surface area contributed by atoms with Gasteiger partial charge in [0.1, 0.15) is 5.69 Å². The minimum Gasteiger partial charge on any atom is -0.388 e. The quantitative estimate of drug-likeness (QED) is 0.197. The molecule has 13 heteroatoms. The van der Waals surface area contributed by atoms with E-state index in [1.165, 1.54) is 19.3 Å². The van der Waals surface area contributed by atoms with Gasteiger partial charge in [-0.2, -0.15) is 17.6 Å². The number of likely N-dealkylation sites (tertiary alicyclic amines) is 2. The molecule has 0 aromatic carbocycles.